The second kappa shape index (κ2) is 8.17. The number of benzene rings is 2. The van der Waals surface area contributed by atoms with Crippen LogP contribution in [0.5, 0.6) is 5.75 Å². The SMILES string of the molecule is Cc1cc(OCCCCn2cnc3ccccc3c2=O)ccc1C(C)C. The van der Waals surface area contributed by atoms with Crippen LogP contribution in [0.1, 0.15) is 43.7 Å². The number of ether oxygens (including phenoxy) is 1. The molecule has 0 saturated carbocycles. The van der Waals surface area contributed by atoms with Gasteiger partial charge in [-0.1, -0.05) is 32.0 Å². The Morgan fingerprint density at radius 3 is 2.69 bits per heavy atom. The van der Waals surface area contributed by atoms with Gasteiger partial charge >= 0.3 is 0 Å². The third-order valence-electron chi connectivity index (χ3n) is 4.66. The molecule has 0 bridgehead atoms. The highest BCUT2D eigenvalue weighted by Gasteiger charge is 2.05. The van der Waals surface area contributed by atoms with Crippen molar-refractivity contribution in [3.05, 3.63) is 70.3 Å². The summed E-state index contributed by atoms with van der Waals surface area (Å²) < 4.78 is 7.54. The van der Waals surface area contributed by atoms with Crippen LogP contribution in [0.2, 0.25) is 0 Å². The summed E-state index contributed by atoms with van der Waals surface area (Å²) in [7, 11) is 0. The van der Waals surface area contributed by atoms with Gasteiger partial charge < -0.3 is 4.74 Å². The monoisotopic (exact) mass is 350 g/mol. The van der Waals surface area contributed by atoms with Gasteiger partial charge in [0.15, 0.2) is 0 Å². The van der Waals surface area contributed by atoms with Crippen molar-refractivity contribution in [2.24, 2.45) is 0 Å². The van der Waals surface area contributed by atoms with Crippen molar-refractivity contribution in [1.82, 2.24) is 9.55 Å². The number of para-hydroxylation sites is 1. The molecule has 0 spiro atoms. The normalized spacial score (nSPS) is 11.2. The Labute approximate surface area is 154 Å². The molecule has 4 nitrogen and oxygen atoms in total. The summed E-state index contributed by atoms with van der Waals surface area (Å²) in [6.45, 7) is 7.84. The molecular formula is C22H26N2O2. The lowest BCUT2D eigenvalue weighted by Crippen LogP contribution is -2.20. The molecule has 0 amide bonds. The maximum atomic E-state index is 12.4. The number of fused-ring (bicyclic) bond motifs is 1. The van der Waals surface area contributed by atoms with E-state index < -0.39 is 0 Å². The topological polar surface area (TPSA) is 44.1 Å². The maximum absolute atomic E-state index is 12.4. The lowest BCUT2D eigenvalue weighted by atomic mass is 9.98. The van der Waals surface area contributed by atoms with Crippen molar-refractivity contribution in [1.29, 1.82) is 0 Å². The number of aryl methyl sites for hydroxylation is 2. The quantitative estimate of drug-likeness (QED) is 0.581. The van der Waals surface area contributed by atoms with Gasteiger partial charge in [0, 0.05) is 6.54 Å². The first-order valence-corrected chi connectivity index (χ1v) is 9.24. The smallest absolute Gasteiger partial charge is 0.261 e. The predicted molar refractivity (Wildman–Crippen MR) is 106 cm³/mol. The van der Waals surface area contributed by atoms with Gasteiger partial charge in [-0.2, -0.15) is 0 Å². The summed E-state index contributed by atoms with van der Waals surface area (Å²) in [6, 6.07) is 13.7. The third kappa shape index (κ3) is 4.13. The highest BCUT2D eigenvalue weighted by molar-refractivity contribution is 5.76. The predicted octanol–water partition coefficient (Wildman–Crippen LogP) is 4.69. The van der Waals surface area contributed by atoms with E-state index in [2.05, 4.69) is 37.9 Å². The minimum atomic E-state index is 0.0245. The molecule has 0 fully saturated rings. The lowest BCUT2D eigenvalue weighted by molar-refractivity contribution is 0.302. The average Bonchev–Trinajstić information content (AvgIpc) is 2.63. The number of rotatable bonds is 7. The summed E-state index contributed by atoms with van der Waals surface area (Å²) in [5.74, 6) is 1.44. The first kappa shape index (κ1) is 18.2. The Kier molecular flexibility index (Phi) is 5.71. The van der Waals surface area contributed by atoms with Crippen LogP contribution >= 0.6 is 0 Å². The fourth-order valence-electron chi connectivity index (χ4n) is 3.23. The summed E-state index contributed by atoms with van der Waals surface area (Å²) in [5.41, 5.74) is 3.40. The van der Waals surface area contributed by atoms with Crippen LogP contribution in [0.4, 0.5) is 0 Å². The fourth-order valence-corrected chi connectivity index (χ4v) is 3.23. The second-order valence-corrected chi connectivity index (χ2v) is 6.99. The Morgan fingerprint density at radius 1 is 1.12 bits per heavy atom. The lowest BCUT2D eigenvalue weighted by Gasteiger charge is -2.12. The van der Waals surface area contributed by atoms with Crippen molar-refractivity contribution < 1.29 is 4.74 Å². The van der Waals surface area contributed by atoms with Crippen LogP contribution < -0.4 is 10.3 Å². The van der Waals surface area contributed by atoms with Crippen LogP contribution in [-0.4, -0.2) is 16.2 Å². The van der Waals surface area contributed by atoms with Crippen molar-refractivity contribution >= 4 is 10.9 Å². The molecule has 0 atom stereocenters. The number of unbranched alkanes of at least 4 members (excludes halogenated alkanes) is 1. The van der Waals surface area contributed by atoms with E-state index in [9.17, 15) is 4.79 Å². The fraction of sp³-hybridized carbons (Fsp3) is 0.364. The molecule has 0 saturated heterocycles. The first-order chi connectivity index (χ1) is 12.6. The van der Waals surface area contributed by atoms with Gasteiger partial charge in [0.25, 0.3) is 5.56 Å². The van der Waals surface area contributed by atoms with E-state index >= 15 is 0 Å². The van der Waals surface area contributed by atoms with Crippen LogP contribution in [0, 0.1) is 6.92 Å². The van der Waals surface area contributed by atoms with Crippen LogP contribution in [0.25, 0.3) is 10.9 Å². The number of nitrogens with zero attached hydrogens (tertiary/aromatic N) is 2. The summed E-state index contributed by atoms with van der Waals surface area (Å²) in [4.78, 5) is 16.8. The molecule has 26 heavy (non-hydrogen) atoms. The molecule has 3 aromatic rings. The van der Waals surface area contributed by atoms with Crippen molar-refractivity contribution in [3.63, 3.8) is 0 Å². The number of hydrogen-bond donors (Lipinski definition) is 0. The molecule has 4 heteroatoms. The van der Waals surface area contributed by atoms with Crippen molar-refractivity contribution in [3.8, 4) is 5.75 Å². The Bertz CT molecular complexity index is 944. The molecular weight excluding hydrogens is 324 g/mol. The second-order valence-electron chi connectivity index (χ2n) is 6.99. The Morgan fingerprint density at radius 2 is 1.92 bits per heavy atom. The van der Waals surface area contributed by atoms with Crippen LogP contribution in [-0.2, 0) is 6.54 Å². The van der Waals surface area contributed by atoms with E-state index in [1.54, 1.807) is 10.9 Å². The van der Waals surface area contributed by atoms with Gasteiger partial charge in [0.2, 0.25) is 0 Å². The molecule has 136 valence electrons. The van der Waals surface area contributed by atoms with E-state index in [0.717, 1.165) is 24.1 Å². The van der Waals surface area contributed by atoms with E-state index in [1.165, 1.54) is 11.1 Å². The van der Waals surface area contributed by atoms with Gasteiger partial charge in [-0.3, -0.25) is 9.36 Å². The number of aromatic nitrogens is 2. The zero-order valence-electron chi connectivity index (χ0n) is 15.7. The van der Waals surface area contributed by atoms with Gasteiger partial charge in [-0.15, -0.1) is 0 Å². The third-order valence-corrected chi connectivity index (χ3v) is 4.66. The summed E-state index contributed by atoms with van der Waals surface area (Å²) in [6.07, 6.45) is 3.41. The summed E-state index contributed by atoms with van der Waals surface area (Å²) in [5, 5.41) is 0.673. The van der Waals surface area contributed by atoms with E-state index in [0.29, 0.717) is 24.5 Å². The highest BCUT2D eigenvalue weighted by Crippen LogP contribution is 2.23. The van der Waals surface area contributed by atoms with Gasteiger partial charge in [-0.05, 0) is 61.1 Å². The first-order valence-electron chi connectivity index (χ1n) is 9.24. The highest BCUT2D eigenvalue weighted by atomic mass is 16.5. The van der Waals surface area contributed by atoms with Gasteiger partial charge in [-0.25, -0.2) is 4.98 Å². The minimum Gasteiger partial charge on any atom is -0.494 e. The van der Waals surface area contributed by atoms with Crippen molar-refractivity contribution in [2.45, 2.75) is 46.1 Å². The largest absolute Gasteiger partial charge is 0.494 e. The van der Waals surface area contributed by atoms with E-state index in [-0.39, 0.29) is 5.56 Å². The molecule has 2 aromatic carbocycles. The maximum Gasteiger partial charge on any atom is 0.261 e. The standard InChI is InChI=1S/C22H26N2O2/c1-16(2)19-11-10-18(14-17(19)3)26-13-7-6-12-24-15-23-21-9-5-4-8-20(21)22(24)25/h4-5,8-11,14-16H,6-7,12-13H2,1-3H3. The molecule has 0 aliphatic rings. The van der Waals surface area contributed by atoms with Crippen LogP contribution in [0.3, 0.4) is 0 Å². The Balaban J connectivity index is 1.51. The molecule has 3 rings (SSSR count). The van der Waals surface area contributed by atoms with Crippen molar-refractivity contribution in [2.75, 3.05) is 6.61 Å². The van der Waals surface area contributed by atoms with E-state index in [1.807, 2.05) is 30.3 Å². The van der Waals surface area contributed by atoms with Crippen LogP contribution in [0.15, 0.2) is 53.6 Å². The molecule has 1 aromatic heterocycles. The molecule has 0 aliphatic carbocycles. The zero-order chi connectivity index (χ0) is 18.5. The molecule has 1 heterocycles. The zero-order valence-corrected chi connectivity index (χ0v) is 15.7. The van der Waals surface area contributed by atoms with Gasteiger partial charge in [0.1, 0.15) is 5.75 Å². The average molecular weight is 350 g/mol. The van der Waals surface area contributed by atoms with Gasteiger partial charge in [0.05, 0.1) is 23.8 Å². The molecule has 0 unspecified atom stereocenters. The Hall–Kier alpha value is -2.62. The number of hydrogen-bond acceptors (Lipinski definition) is 3. The molecule has 0 N–H and O–H groups in total. The molecule has 0 aliphatic heterocycles. The van der Waals surface area contributed by atoms with E-state index in [4.69, 9.17) is 4.74 Å². The summed E-state index contributed by atoms with van der Waals surface area (Å²) >= 11 is 0. The minimum absolute atomic E-state index is 0.0245. The molecule has 0 radical (unpaired) electrons.